The Morgan fingerprint density at radius 3 is 2.14 bits per heavy atom. The Morgan fingerprint density at radius 1 is 1.05 bits per heavy atom. The number of ketones is 1. The van der Waals surface area contributed by atoms with Crippen LogP contribution in [0.25, 0.3) is 0 Å². The molecule has 0 saturated carbocycles. The minimum Gasteiger partial charge on any atom is -0.464 e. The maximum atomic E-state index is 11.8. The van der Waals surface area contributed by atoms with Gasteiger partial charge in [-0.1, -0.05) is 0 Å². The van der Waals surface area contributed by atoms with E-state index < -0.39 is 18.0 Å². The molecule has 0 saturated heterocycles. The molecule has 0 aliphatic carbocycles. The van der Waals surface area contributed by atoms with E-state index in [0.717, 1.165) is 0 Å². The molecule has 0 heterocycles. The number of nitrogens with one attached hydrogen (secondary N) is 1. The zero-order chi connectivity index (χ0) is 16.5. The van der Waals surface area contributed by atoms with Crippen molar-refractivity contribution >= 4 is 23.4 Å². The van der Waals surface area contributed by atoms with Gasteiger partial charge in [0.2, 0.25) is 0 Å². The molecule has 0 spiro atoms. The van der Waals surface area contributed by atoms with Crippen molar-refractivity contribution in [2.24, 2.45) is 0 Å². The van der Waals surface area contributed by atoms with Crippen LogP contribution in [0.3, 0.4) is 0 Å². The van der Waals surface area contributed by atoms with Crippen LogP contribution in [0, 0.1) is 0 Å². The Morgan fingerprint density at radius 2 is 1.64 bits per heavy atom. The summed E-state index contributed by atoms with van der Waals surface area (Å²) in [5.41, 5.74) is 1.04. The zero-order valence-electron chi connectivity index (χ0n) is 13.0. The van der Waals surface area contributed by atoms with Crippen LogP contribution in [0.15, 0.2) is 24.3 Å². The molecule has 1 aromatic carbocycles. The molecule has 1 atom stereocenters. The molecule has 22 heavy (non-hydrogen) atoms. The molecule has 0 fully saturated rings. The number of esters is 2. The lowest BCUT2D eigenvalue weighted by Crippen LogP contribution is -2.33. The molecule has 0 radical (unpaired) electrons. The average Bonchev–Trinajstić information content (AvgIpc) is 2.47. The molecule has 0 amide bonds. The molecule has 0 aromatic heterocycles. The summed E-state index contributed by atoms with van der Waals surface area (Å²) in [6.45, 7) is 5.41. The molecule has 6 heteroatoms. The number of carbonyl (C=O) groups is 3. The molecule has 0 aliphatic heterocycles. The molecule has 1 rings (SSSR count). The van der Waals surface area contributed by atoms with Crippen LogP contribution in [0.4, 0.5) is 5.69 Å². The lowest BCUT2D eigenvalue weighted by atomic mass is 10.1. The third kappa shape index (κ3) is 5.55. The van der Waals surface area contributed by atoms with E-state index in [1.807, 2.05) is 0 Å². The number of rotatable bonds is 8. The summed E-state index contributed by atoms with van der Waals surface area (Å²) in [6, 6.07) is 5.75. The van der Waals surface area contributed by atoms with E-state index in [0.29, 0.717) is 17.9 Å². The number of Topliss-reactive ketones (excluding diaryl/α,β-unsaturated/α-hetero) is 1. The van der Waals surface area contributed by atoms with Crippen molar-refractivity contribution in [1.29, 1.82) is 0 Å². The van der Waals surface area contributed by atoms with E-state index in [9.17, 15) is 14.4 Å². The van der Waals surface area contributed by atoms with Gasteiger partial charge in [-0.3, -0.25) is 4.79 Å². The maximum Gasteiger partial charge on any atom is 0.338 e. The van der Waals surface area contributed by atoms with Crippen molar-refractivity contribution < 1.29 is 23.9 Å². The predicted molar refractivity (Wildman–Crippen MR) is 81.7 cm³/mol. The summed E-state index contributed by atoms with van der Waals surface area (Å²) in [6.07, 6.45) is 0.0401. The molecule has 0 bridgehead atoms. The molecule has 1 aromatic rings. The first-order valence-electron chi connectivity index (χ1n) is 7.17. The highest BCUT2D eigenvalue weighted by molar-refractivity contribution is 5.90. The first-order valence-corrected chi connectivity index (χ1v) is 7.17. The topological polar surface area (TPSA) is 81.7 Å². The number of anilines is 1. The minimum absolute atomic E-state index is 0.0401. The molecule has 0 aliphatic rings. The lowest BCUT2D eigenvalue weighted by molar-refractivity contribution is -0.145. The Balaban J connectivity index is 2.78. The van der Waals surface area contributed by atoms with Gasteiger partial charge in [0.1, 0.15) is 11.8 Å². The van der Waals surface area contributed by atoms with E-state index in [-0.39, 0.29) is 18.8 Å². The van der Waals surface area contributed by atoms with Gasteiger partial charge in [-0.2, -0.15) is 0 Å². The second-order valence-corrected chi connectivity index (χ2v) is 4.65. The number of hydrogen-bond donors (Lipinski definition) is 1. The SMILES string of the molecule is CCOC(=O)c1ccc(NC(CC(C)=O)C(=O)OCC)cc1. The average molecular weight is 307 g/mol. The maximum absolute atomic E-state index is 11.8. The van der Waals surface area contributed by atoms with Crippen LogP contribution >= 0.6 is 0 Å². The zero-order valence-corrected chi connectivity index (χ0v) is 13.0. The largest absolute Gasteiger partial charge is 0.464 e. The van der Waals surface area contributed by atoms with Gasteiger partial charge in [-0.25, -0.2) is 9.59 Å². The third-order valence-electron chi connectivity index (χ3n) is 2.80. The summed E-state index contributed by atoms with van der Waals surface area (Å²) < 4.78 is 9.84. The van der Waals surface area contributed by atoms with E-state index in [1.54, 1.807) is 38.1 Å². The molecule has 1 unspecified atom stereocenters. The standard InChI is InChI=1S/C16H21NO5/c1-4-21-15(19)12-6-8-13(9-7-12)17-14(10-11(3)18)16(20)22-5-2/h6-9,14,17H,4-5,10H2,1-3H3. The van der Waals surface area contributed by atoms with Gasteiger partial charge < -0.3 is 14.8 Å². The third-order valence-corrected chi connectivity index (χ3v) is 2.80. The van der Waals surface area contributed by atoms with E-state index in [2.05, 4.69) is 5.32 Å². The second-order valence-electron chi connectivity index (χ2n) is 4.65. The van der Waals surface area contributed by atoms with Crippen molar-refractivity contribution in [2.75, 3.05) is 18.5 Å². The summed E-state index contributed by atoms with van der Waals surface area (Å²) >= 11 is 0. The van der Waals surface area contributed by atoms with Crippen molar-refractivity contribution in [3.05, 3.63) is 29.8 Å². The Labute approximate surface area is 129 Å². The Bertz CT molecular complexity index is 524. The summed E-state index contributed by atoms with van der Waals surface area (Å²) in [7, 11) is 0. The van der Waals surface area contributed by atoms with Gasteiger partial charge in [0.15, 0.2) is 0 Å². The van der Waals surface area contributed by atoms with E-state index in [4.69, 9.17) is 9.47 Å². The smallest absolute Gasteiger partial charge is 0.338 e. The van der Waals surface area contributed by atoms with E-state index in [1.165, 1.54) is 6.92 Å². The first-order chi connectivity index (χ1) is 10.5. The summed E-state index contributed by atoms with van der Waals surface area (Å²) in [5.74, 6) is -0.999. The van der Waals surface area contributed by atoms with E-state index >= 15 is 0 Å². The van der Waals surface area contributed by atoms with Crippen LogP contribution in [0.1, 0.15) is 37.6 Å². The molecular formula is C16H21NO5. The van der Waals surface area contributed by atoms with Crippen LogP contribution < -0.4 is 5.32 Å². The molecule has 120 valence electrons. The summed E-state index contributed by atoms with van der Waals surface area (Å²) in [5, 5.41) is 2.95. The minimum atomic E-state index is -0.745. The first kappa shape index (κ1) is 17.7. The fraction of sp³-hybridized carbons (Fsp3) is 0.438. The highest BCUT2D eigenvalue weighted by Gasteiger charge is 2.21. The molecular weight excluding hydrogens is 286 g/mol. The molecule has 6 nitrogen and oxygen atoms in total. The monoisotopic (exact) mass is 307 g/mol. The predicted octanol–water partition coefficient (Wildman–Crippen LogP) is 2.19. The number of carbonyl (C=O) groups excluding carboxylic acids is 3. The Kier molecular flexibility index (Phi) is 7.08. The second kappa shape index (κ2) is 8.81. The van der Waals surface area contributed by atoms with Crippen molar-refractivity contribution in [2.45, 2.75) is 33.2 Å². The van der Waals surface area contributed by atoms with Crippen LogP contribution in [-0.2, 0) is 19.1 Å². The van der Waals surface area contributed by atoms with Crippen molar-refractivity contribution in [3.63, 3.8) is 0 Å². The number of hydrogen-bond acceptors (Lipinski definition) is 6. The quantitative estimate of drug-likeness (QED) is 0.741. The van der Waals surface area contributed by atoms with Crippen LogP contribution in [0.5, 0.6) is 0 Å². The van der Waals surface area contributed by atoms with Crippen LogP contribution in [-0.4, -0.2) is 37.0 Å². The highest BCUT2D eigenvalue weighted by atomic mass is 16.5. The number of benzene rings is 1. The van der Waals surface area contributed by atoms with Crippen molar-refractivity contribution in [3.8, 4) is 0 Å². The van der Waals surface area contributed by atoms with Gasteiger partial charge in [-0.05, 0) is 45.0 Å². The molecule has 1 N–H and O–H groups in total. The highest BCUT2D eigenvalue weighted by Crippen LogP contribution is 2.14. The van der Waals surface area contributed by atoms with Crippen LogP contribution in [0.2, 0.25) is 0 Å². The Hall–Kier alpha value is -2.37. The lowest BCUT2D eigenvalue weighted by Gasteiger charge is -2.17. The van der Waals surface area contributed by atoms with Gasteiger partial charge in [0.05, 0.1) is 18.8 Å². The van der Waals surface area contributed by atoms with Gasteiger partial charge in [-0.15, -0.1) is 0 Å². The summed E-state index contributed by atoms with van der Waals surface area (Å²) in [4.78, 5) is 34.6. The van der Waals surface area contributed by atoms with Crippen molar-refractivity contribution in [1.82, 2.24) is 0 Å². The fourth-order valence-corrected chi connectivity index (χ4v) is 1.84. The van der Waals surface area contributed by atoms with Gasteiger partial charge in [0, 0.05) is 12.1 Å². The normalized spacial score (nSPS) is 11.4. The van der Waals surface area contributed by atoms with Gasteiger partial charge >= 0.3 is 11.9 Å². The fourth-order valence-electron chi connectivity index (χ4n) is 1.84. The van der Waals surface area contributed by atoms with Gasteiger partial charge in [0.25, 0.3) is 0 Å². The number of ether oxygens (including phenoxy) is 2.